The molecule has 0 aromatic rings. The molecule has 0 aliphatic carbocycles. The van der Waals surface area contributed by atoms with Crippen molar-refractivity contribution in [3.05, 3.63) is 0 Å². The first-order valence-electron chi connectivity index (χ1n) is 5.71. The van der Waals surface area contributed by atoms with Gasteiger partial charge in [0.05, 0.1) is 0 Å². The molecule has 0 amide bonds. The van der Waals surface area contributed by atoms with Crippen molar-refractivity contribution in [3.63, 3.8) is 0 Å². The summed E-state index contributed by atoms with van der Waals surface area (Å²) >= 11 is 4.19. The third kappa shape index (κ3) is 3.40. The zero-order chi connectivity index (χ0) is 10.7. The van der Waals surface area contributed by atoms with Crippen LogP contribution in [0.25, 0.3) is 0 Å². The van der Waals surface area contributed by atoms with Crippen molar-refractivity contribution >= 4 is 29.3 Å². The first-order valence-corrected chi connectivity index (χ1v) is 7.91. The van der Waals surface area contributed by atoms with Crippen LogP contribution < -0.4 is 0 Å². The van der Waals surface area contributed by atoms with E-state index in [0.717, 1.165) is 24.6 Å². The minimum absolute atomic E-state index is 0.449. The van der Waals surface area contributed by atoms with E-state index < -0.39 is 0 Å². The highest BCUT2D eigenvalue weighted by Gasteiger charge is 2.26. The van der Waals surface area contributed by atoms with Gasteiger partial charge in [-0.2, -0.15) is 23.5 Å². The van der Waals surface area contributed by atoms with Gasteiger partial charge in [0.2, 0.25) is 0 Å². The van der Waals surface area contributed by atoms with Crippen LogP contribution >= 0.6 is 23.5 Å². The summed E-state index contributed by atoms with van der Waals surface area (Å²) in [5.74, 6) is 4.36. The number of hydrogen-bond donors (Lipinski definition) is 0. The van der Waals surface area contributed by atoms with Crippen molar-refractivity contribution in [2.24, 2.45) is 0 Å². The van der Waals surface area contributed by atoms with Gasteiger partial charge in [0.1, 0.15) is 5.78 Å². The Hall–Kier alpha value is 0.330. The second kappa shape index (κ2) is 5.60. The lowest BCUT2D eigenvalue weighted by atomic mass is 10.0. The van der Waals surface area contributed by atoms with Crippen LogP contribution in [0.3, 0.4) is 0 Å². The van der Waals surface area contributed by atoms with Crippen LogP contribution in [0.15, 0.2) is 0 Å². The molecule has 0 saturated carbocycles. The molecular formula is C11H19NOS2. The van der Waals surface area contributed by atoms with Crippen LogP contribution in [0, 0.1) is 0 Å². The minimum atomic E-state index is 0.449. The highest BCUT2D eigenvalue weighted by atomic mass is 32.2. The molecule has 2 unspecified atom stereocenters. The fourth-order valence-electron chi connectivity index (χ4n) is 2.22. The van der Waals surface area contributed by atoms with Crippen molar-refractivity contribution in [2.75, 3.05) is 30.3 Å². The summed E-state index contributed by atoms with van der Waals surface area (Å²) in [7, 11) is 0. The van der Waals surface area contributed by atoms with Gasteiger partial charge in [-0.1, -0.05) is 0 Å². The minimum Gasteiger partial charge on any atom is -0.300 e. The van der Waals surface area contributed by atoms with Crippen LogP contribution in [0.4, 0.5) is 0 Å². The first-order chi connectivity index (χ1) is 7.25. The molecule has 0 spiro atoms. The van der Waals surface area contributed by atoms with Gasteiger partial charge in [-0.05, 0) is 6.92 Å². The van der Waals surface area contributed by atoms with Crippen LogP contribution in [-0.4, -0.2) is 52.3 Å². The maximum atomic E-state index is 11.3. The van der Waals surface area contributed by atoms with Gasteiger partial charge in [-0.15, -0.1) is 0 Å². The van der Waals surface area contributed by atoms with Crippen molar-refractivity contribution < 1.29 is 4.79 Å². The SMILES string of the molecule is CC1CC(=O)CCN1CC1CSCCS1. The van der Waals surface area contributed by atoms with Gasteiger partial charge in [0.25, 0.3) is 0 Å². The van der Waals surface area contributed by atoms with Gasteiger partial charge in [0, 0.05) is 54.5 Å². The van der Waals surface area contributed by atoms with Gasteiger partial charge in [0.15, 0.2) is 0 Å². The Labute approximate surface area is 101 Å². The molecule has 2 fully saturated rings. The summed E-state index contributed by atoms with van der Waals surface area (Å²) in [6.45, 7) is 4.37. The Morgan fingerprint density at radius 1 is 1.47 bits per heavy atom. The van der Waals surface area contributed by atoms with E-state index in [1.165, 1.54) is 23.8 Å². The molecule has 2 aliphatic heterocycles. The fourth-order valence-corrected chi connectivity index (χ4v) is 4.92. The Bertz CT molecular complexity index is 229. The molecule has 0 N–H and O–H groups in total. The van der Waals surface area contributed by atoms with E-state index in [1.54, 1.807) is 0 Å². The van der Waals surface area contributed by atoms with E-state index in [9.17, 15) is 4.79 Å². The molecule has 2 heterocycles. The van der Waals surface area contributed by atoms with E-state index in [-0.39, 0.29) is 0 Å². The topological polar surface area (TPSA) is 20.3 Å². The molecule has 0 aromatic carbocycles. The summed E-state index contributed by atoms with van der Waals surface area (Å²) in [6, 6.07) is 0.471. The maximum Gasteiger partial charge on any atom is 0.135 e. The number of nitrogens with zero attached hydrogens (tertiary/aromatic N) is 1. The number of likely N-dealkylation sites (tertiary alicyclic amines) is 1. The van der Waals surface area contributed by atoms with Crippen LogP contribution in [0.5, 0.6) is 0 Å². The molecule has 2 aliphatic rings. The van der Waals surface area contributed by atoms with Crippen molar-refractivity contribution in [3.8, 4) is 0 Å². The molecule has 0 radical (unpaired) electrons. The number of Topliss-reactive ketones (excluding diaryl/α,β-unsaturated/α-hetero) is 1. The van der Waals surface area contributed by atoms with E-state index in [0.29, 0.717) is 11.8 Å². The summed E-state index contributed by atoms with van der Waals surface area (Å²) in [5.41, 5.74) is 0. The number of thioether (sulfide) groups is 2. The average molecular weight is 245 g/mol. The molecule has 4 heteroatoms. The Morgan fingerprint density at radius 2 is 2.33 bits per heavy atom. The largest absolute Gasteiger partial charge is 0.300 e. The number of ketones is 1. The molecule has 2 saturated heterocycles. The highest BCUT2D eigenvalue weighted by Crippen LogP contribution is 2.26. The Morgan fingerprint density at radius 3 is 3.00 bits per heavy atom. The monoisotopic (exact) mass is 245 g/mol. The predicted octanol–water partition coefficient (Wildman–Crippen LogP) is 1.89. The zero-order valence-corrected chi connectivity index (χ0v) is 10.9. The first kappa shape index (κ1) is 11.8. The van der Waals surface area contributed by atoms with Gasteiger partial charge >= 0.3 is 0 Å². The molecule has 15 heavy (non-hydrogen) atoms. The van der Waals surface area contributed by atoms with Gasteiger partial charge < -0.3 is 0 Å². The number of carbonyl (C=O) groups is 1. The average Bonchev–Trinajstić information content (AvgIpc) is 2.24. The second-order valence-corrected chi connectivity index (χ2v) is 6.96. The van der Waals surface area contributed by atoms with Crippen LogP contribution in [0.2, 0.25) is 0 Å². The molecular weight excluding hydrogens is 226 g/mol. The molecule has 0 bridgehead atoms. The van der Waals surface area contributed by atoms with E-state index in [2.05, 4.69) is 35.3 Å². The van der Waals surface area contributed by atoms with Gasteiger partial charge in [-0.3, -0.25) is 9.69 Å². The van der Waals surface area contributed by atoms with Crippen molar-refractivity contribution in [1.29, 1.82) is 0 Å². The van der Waals surface area contributed by atoms with E-state index >= 15 is 0 Å². The molecule has 2 rings (SSSR count). The lowest BCUT2D eigenvalue weighted by molar-refractivity contribution is -0.122. The van der Waals surface area contributed by atoms with Crippen LogP contribution in [-0.2, 0) is 4.79 Å². The quantitative estimate of drug-likeness (QED) is 0.740. The number of carbonyl (C=O) groups excluding carboxylic acids is 1. The van der Waals surface area contributed by atoms with Crippen molar-refractivity contribution in [2.45, 2.75) is 31.1 Å². The third-order valence-electron chi connectivity index (χ3n) is 3.15. The van der Waals surface area contributed by atoms with E-state index in [1.807, 2.05) is 0 Å². The highest BCUT2D eigenvalue weighted by molar-refractivity contribution is 8.06. The smallest absolute Gasteiger partial charge is 0.135 e. The summed E-state index contributed by atoms with van der Waals surface area (Å²) < 4.78 is 0. The molecule has 2 nitrogen and oxygen atoms in total. The van der Waals surface area contributed by atoms with E-state index in [4.69, 9.17) is 0 Å². The zero-order valence-electron chi connectivity index (χ0n) is 9.28. The Balaban J connectivity index is 1.80. The molecule has 2 atom stereocenters. The Kier molecular flexibility index (Phi) is 4.40. The number of piperidine rings is 1. The summed E-state index contributed by atoms with van der Waals surface area (Å²) in [4.78, 5) is 13.8. The predicted molar refractivity (Wildman–Crippen MR) is 68.8 cm³/mol. The normalized spacial score (nSPS) is 34.3. The summed E-state index contributed by atoms with van der Waals surface area (Å²) in [6.07, 6.45) is 1.54. The lowest BCUT2D eigenvalue weighted by Crippen LogP contribution is -2.45. The lowest BCUT2D eigenvalue weighted by Gasteiger charge is -2.36. The molecule has 0 aromatic heterocycles. The van der Waals surface area contributed by atoms with Crippen molar-refractivity contribution in [1.82, 2.24) is 4.90 Å². The summed E-state index contributed by atoms with van der Waals surface area (Å²) in [5, 5.41) is 0.791. The van der Waals surface area contributed by atoms with Crippen LogP contribution in [0.1, 0.15) is 19.8 Å². The molecule has 86 valence electrons. The number of hydrogen-bond acceptors (Lipinski definition) is 4. The standard InChI is InChI=1S/C11H19NOS2/c1-9-6-10(13)2-3-12(9)7-11-8-14-4-5-15-11/h9,11H,2-8H2,1H3. The van der Waals surface area contributed by atoms with Gasteiger partial charge in [-0.25, -0.2) is 0 Å². The number of rotatable bonds is 2. The fraction of sp³-hybridized carbons (Fsp3) is 0.909. The third-order valence-corrected chi connectivity index (χ3v) is 5.97. The maximum absolute atomic E-state index is 11.3. The second-order valence-electron chi connectivity index (χ2n) is 4.40.